The minimum atomic E-state index is -0.509. The summed E-state index contributed by atoms with van der Waals surface area (Å²) < 4.78 is 0. The second-order valence-corrected chi connectivity index (χ2v) is 6.50. The van der Waals surface area contributed by atoms with E-state index in [1.807, 2.05) is 4.90 Å². The molecule has 3 heteroatoms. The molecule has 1 N–H and O–H groups in total. The van der Waals surface area contributed by atoms with Crippen LogP contribution < -0.4 is 0 Å². The van der Waals surface area contributed by atoms with Crippen LogP contribution in [0, 0.1) is 23.7 Å². The van der Waals surface area contributed by atoms with Crippen molar-refractivity contribution in [2.75, 3.05) is 0 Å². The zero-order chi connectivity index (χ0) is 12.3. The molecule has 0 aromatic rings. The molecule has 0 radical (unpaired) electrons. The monoisotopic (exact) mass is 247 g/mol. The van der Waals surface area contributed by atoms with Gasteiger partial charge in [-0.15, -0.1) is 0 Å². The molecule has 0 aromatic heterocycles. The van der Waals surface area contributed by atoms with Crippen LogP contribution in [-0.2, 0) is 4.79 Å². The van der Waals surface area contributed by atoms with Crippen LogP contribution in [0.5, 0.6) is 0 Å². The SMILES string of the molecule is O=C1C2C3C=CC(C3)C2C(O)N1C1CCCCC1. The number of hydrogen-bond donors (Lipinski definition) is 1. The van der Waals surface area contributed by atoms with Crippen molar-refractivity contribution in [1.82, 2.24) is 4.90 Å². The van der Waals surface area contributed by atoms with Gasteiger partial charge in [0.15, 0.2) is 0 Å². The number of rotatable bonds is 1. The molecule has 3 fully saturated rings. The summed E-state index contributed by atoms with van der Waals surface area (Å²) in [6.45, 7) is 0. The molecular weight excluding hydrogens is 226 g/mol. The summed E-state index contributed by atoms with van der Waals surface area (Å²) in [6.07, 6.45) is 10.9. The van der Waals surface area contributed by atoms with E-state index in [1.165, 1.54) is 19.3 Å². The Balaban J connectivity index is 1.61. The molecule has 4 aliphatic rings. The Morgan fingerprint density at radius 1 is 1.11 bits per heavy atom. The predicted octanol–water partition coefficient (Wildman–Crippen LogP) is 1.92. The summed E-state index contributed by atoms with van der Waals surface area (Å²) in [4.78, 5) is 14.5. The third kappa shape index (κ3) is 1.31. The Bertz CT molecular complexity index is 399. The van der Waals surface area contributed by atoms with Gasteiger partial charge in [-0.25, -0.2) is 0 Å². The van der Waals surface area contributed by atoms with Crippen molar-refractivity contribution in [3.63, 3.8) is 0 Å². The van der Waals surface area contributed by atoms with E-state index in [2.05, 4.69) is 12.2 Å². The lowest BCUT2D eigenvalue weighted by Gasteiger charge is -2.35. The molecule has 1 aliphatic heterocycles. The third-order valence-electron chi connectivity index (χ3n) is 5.66. The van der Waals surface area contributed by atoms with Gasteiger partial charge in [0.1, 0.15) is 6.23 Å². The maximum Gasteiger partial charge on any atom is 0.229 e. The van der Waals surface area contributed by atoms with Crippen molar-refractivity contribution in [2.24, 2.45) is 23.7 Å². The average molecular weight is 247 g/mol. The molecule has 0 spiro atoms. The first kappa shape index (κ1) is 11.0. The number of aliphatic hydroxyl groups is 1. The van der Waals surface area contributed by atoms with Crippen molar-refractivity contribution in [2.45, 2.75) is 50.8 Å². The van der Waals surface area contributed by atoms with Gasteiger partial charge in [0.2, 0.25) is 5.91 Å². The molecule has 5 atom stereocenters. The Morgan fingerprint density at radius 2 is 1.83 bits per heavy atom. The summed E-state index contributed by atoms with van der Waals surface area (Å²) in [5, 5.41) is 10.6. The molecule has 5 unspecified atom stereocenters. The van der Waals surface area contributed by atoms with E-state index in [9.17, 15) is 9.90 Å². The van der Waals surface area contributed by atoms with Crippen LogP contribution in [0.15, 0.2) is 12.2 Å². The van der Waals surface area contributed by atoms with Crippen LogP contribution in [-0.4, -0.2) is 28.2 Å². The number of amides is 1. The number of allylic oxidation sites excluding steroid dienone is 2. The topological polar surface area (TPSA) is 40.5 Å². The van der Waals surface area contributed by atoms with E-state index in [-0.39, 0.29) is 17.7 Å². The van der Waals surface area contributed by atoms with Gasteiger partial charge in [-0.1, -0.05) is 31.4 Å². The van der Waals surface area contributed by atoms with Crippen molar-refractivity contribution in [1.29, 1.82) is 0 Å². The van der Waals surface area contributed by atoms with Gasteiger partial charge >= 0.3 is 0 Å². The standard InChI is InChI=1S/C15H21NO2/c17-14-12-9-6-7-10(8-9)13(12)15(18)16(14)11-4-2-1-3-5-11/h6-7,9-14,17H,1-5,8H2. The minimum Gasteiger partial charge on any atom is -0.373 e. The average Bonchev–Trinajstić information content (AvgIpc) is 3.05. The summed E-state index contributed by atoms with van der Waals surface area (Å²) >= 11 is 0. The highest BCUT2D eigenvalue weighted by Crippen LogP contribution is 2.54. The lowest BCUT2D eigenvalue weighted by atomic mass is 9.85. The minimum absolute atomic E-state index is 0.0944. The van der Waals surface area contributed by atoms with E-state index in [4.69, 9.17) is 0 Å². The molecule has 1 saturated heterocycles. The summed E-state index contributed by atoms with van der Waals surface area (Å²) in [5.41, 5.74) is 0. The van der Waals surface area contributed by atoms with Crippen LogP contribution in [0.25, 0.3) is 0 Å². The van der Waals surface area contributed by atoms with E-state index in [0.717, 1.165) is 19.3 Å². The Kier molecular flexibility index (Phi) is 2.35. The van der Waals surface area contributed by atoms with E-state index in [0.29, 0.717) is 17.9 Å². The van der Waals surface area contributed by atoms with Gasteiger partial charge in [-0.2, -0.15) is 0 Å². The van der Waals surface area contributed by atoms with Crippen LogP contribution in [0.2, 0.25) is 0 Å². The molecular formula is C15H21NO2. The lowest BCUT2D eigenvalue weighted by Crippen LogP contribution is -2.45. The number of nitrogens with zero attached hydrogens (tertiary/aromatic N) is 1. The van der Waals surface area contributed by atoms with Crippen LogP contribution in [0.4, 0.5) is 0 Å². The quantitative estimate of drug-likeness (QED) is 0.719. The van der Waals surface area contributed by atoms with E-state index < -0.39 is 6.23 Å². The zero-order valence-electron chi connectivity index (χ0n) is 10.7. The number of carbonyl (C=O) groups is 1. The Morgan fingerprint density at radius 3 is 2.56 bits per heavy atom. The molecule has 3 nitrogen and oxygen atoms in total. The number of carbonyl (C=O) groups excluding carboxylic acids is 1. The molecule has 18 heavy (non-hydrogen) atoms. The lowest BCUT2D eigenvalue weighted by molar-refractivity contribution is -0.141. The summed E-state index contributed by atoms with van der Waals surface area (Å²) in [7, 11) is 0. The molecule has 3 aliphatic carbocycles. The molecule has 2 bridgehead atoms. The summed E-state index contributed by atoms with van der Waals surface area (Å²) in [5.74, 6) is 1.39. The van der Waals surface area contributed by atoms with Gasteiger partial charge in [-0.05, 0) is 31.1 Å². The predicted molar refractivity (Wildman–Crippen MR) is 67.4 cm³/mol. The normalized spacial score (nSPS) is 47.1. The highest BCUT2D eigenvalue weighted by atomic mass is 16.3. The first-order chi connectivity index (χ1) is 8.77. The summed E-state index contributed by atoms with van der Waals surface area (Å²) in [6, 6.07) is 0.311. The Labute approximate surface area is 108 Å². The smallest absolute Gasteiger partial charge is 0.229 e. The van der Waals surface area contributed by atoms with Crippen molar-refractivity contribution < 1.29 is 9.90 Å². The molecule has 1 amide bonds. The van der Waals surface area contributed by atoms with Gasteiger partial charge < -0.3 is 10.0 Å². The maximum atomic E-state index is 12.6. The van der Waals surface area contributed by atoms with E-state index >= 15 is 0 Å². The third-order valence-corrected chi connectivity index (χ3v) is 5.66. The number of aliphatic hydroxyl groups excluding tert-OH is 1. The second kappa shape index (κ2) is 3.83. The molecule has 1 heterocycles. The number of fused-ring (bicyclic) bond motifs is 5. The van der Waals surface area contributed by atoms with Crippen LogP contribution in [0.1, 0.15) is 38.5 Å². The van der Waals surface area contributed by atoms with E-state index in [1.54, 1.807) is 0 Å². The van der Waals surface area contributed by atoms with Gasteiger partial charge in [0, 0.05) is 12.0 Å². The first-order valence-electron chi connectivity index (χ1n) is 7.46. The first-order valence-corrected chi connectivity index (χ1v) is 7.46. The number of hydrogen-bond acceptors (Lipinski definition) is 2. The number of likely N-dealkylation sites (tertiary alicyclic amines) is 1. The van der Waals surface area contributed by atoms with Gasteiger partial charge in [0.05, 0.1) is 5.92 Å². The molecule has 0 aromatic carbocycles. The van der Waals surface area contributed by atoms with Gasteiger partial charge in [0.25, 0.3) is 0 Å². The highest BCUT2D eigenvalue weighted by molar-refractivity contribution is 5.83. The largest absolute Gasteiger partial charge is 0.373 e. The van der Waals surface area contributed by atoms with Gasteiger partial charge in [-0.3, -0.25) is 4.79 Å². The molecule has 2 saturated carbocycles. The second-order valence-electron chi connectivity index (χ2n) is 6.50. The van der Waals surface area contributed by atoms with Crippen LogP contribution in [0.3, 0.4) is 0 Å². The fourth-order valence-electron chi connectivity index (χ4n) is 4.86. The van der Waals surface area contributed by atoms with Crippen LogP contribution >= 0.6 is 0 Å². The Hall–Kier alpha value is -0.830. The molecule has 4 rings (SSSR count). The van der Waals surface area contributed by atoms with Crippen molar-refractivity contribution in [3.05, 3.63) is 12.2 Å². The fraction of sp³-hybridized carbons (Fsp3) is 0.800. The van der Waals surface area contributed by atoms with Crippen molar-refractivity contribution in [3.8, 4) is 0 Å². The highest BCUT2D eigenvalue weighted by Gasteiger charge is 2.59. The molecule has 98 valence electrons. The maximum absolute atomic E-state index is 12.6. The zero-order valence-corrected chi connectivity index (χ0v) is 10.7. The fourth-order valence-corrected chi connectivity index (χ4v) is 4.86. The van der Waals surface area contributed by atoms with Crippen molar-refractivity contribution >= 4 is 5.91 Å².